The Morgan fingerprint density at radius 2 is 1.43 bits per heavy atom. The molecule has 3 nitrogen and oxygen atoms in total. The molecule has 3 aromatic carbocycles. The molecule has 5 aromatic rings. The van der Waals surface area contributed by atoms with Crippen molar-refractivity contribution in [3.05, 3.63) is 94.0 Å². The summed E-state index contributed by atoms with van der Waals surface area (Å²) in [6.07, 6.45) is 0. The van der Waals surface area contributed by atoms with Gasteiger partial charge in [-0.25, -0.2) is 13.6 Å². The maximum atomic E-state index is 13.9. The van der Waals surface area contributed by atoms with Crippen molar-refractivity contribution in [2.45, 2.75) is 0 Å². The fraction of sp³-hybridized carbons (Fsp3) is 0. The molecule has 0 saturated carbocycles. The predicted molar refractivity (Wildman–Crippen MR) is 122 cm³/mol. The van der Waals surface area contributed by atoms with Crippen molar-refractivity contribution < 1.29 is 22.7 Å². The number of esters is 1. The molecule has 0 radical (unpaired) electrons. The highest BCUT2D eigenvalue weighted by Gasteiger charge is 2.25. The number of furan rings is 1. The third kappa shape index (κ3) is 3.37. The number of ether oxygens (including phenoxy) is 1. The standard InChI is InChI=1S/C23H12F2IO3S/c24-13-1-8-20-17(11-13)18-12-14(25)2-9-21(18)30(20)16-5-3-15(4-6-16)28-23(27)19-7-10-22(26)29-19/h1-12H/q+1. The fourth-order valence-corrected chi connectivity index (χ4v) is 6.13. The molecule has 0 atom stereocenters. The lowest BCUT2D eigenvalue weighted by Gasteiger charge is -2.02. The van der Waals surface area contributed by atoms with Gasteiger partial charge in [-0.1, -0.05) is 0 Å². The minimum atomic E-state index is -0.573. The topological polar surface area (TPSA) is 39.4 Å². The summed E-state index contributed by atoms with van der Waals surface area (Å²) in [5, 5.41) is 1.41. The van der Waals surface area contributed by atoms with E-state index in [1.54, 1.807) is 36.4 Å². The smallest absolute Gasteiger partial charge is 0.379 e. The lowest BCUT2D eigenvalue weighted by Crippen LogP contribution is -2.06. The zero-order chi connectivity index (χ0) is 20.8. The van der Waals surface area contributed by atoms with Crippen LogP contribution >= 0.6 is 33.1 Å². The highest BCUT2D eigenvalue weighted by atomic mass is 127. The van der Waals surface area contributed by atoms with Gasteiger partial charge in [-0.15, -0.1) is 0 Å². The number of thiophene rings is 1. The molecule has 30 heavy (non-hydrogen) atoms. The molecule has 0 spiro atoms. The minimum absolute atomic E-state index is 0.132. The second kappa shape index (κ2) is 7.48. The maximum absolute atomic E-state index is 13.9. The van der Waals surface area contributed by atoms with Gasteiger partial charge in [-0.2, -0.15) is 0 Å². The van der Waals surface area contributed by atoms with E-state index < -0.39 is 16.4 Å². The molecule has 5 rings (SSSR count). The van der Waals surface area contributed by atoms with Crippen molar-refractivity contribution >= 4 is 59.2 Å². The first-order valence-electron chi connectivity index (χ1n) is 8.91. The van der Waals surface area contributed by atoms with Gasteiger partial charge in [0.1, 0.15) is 17.4 Å². The second-order valence-electron chi connectivity index (χ2n) is 6.55. The molecule has 0 saturated heterocycles. The summed E-state index contributed by atoms with van der Waals surface area (Å²) in [6.45, 7) is 0. The van der Waals surface area contributed by atoms with Crippen molar-refractivity contribution in [2.75, 3.05) is 0 Å². The molecule has 0 aliphatic carbocycles. The van der Waals surface area contributed by atoms with Crippen LogP contribution in [0.3, 0.4) is 0 Å². The minimum Gasteiger partial charge on any atom is -0.443 e. The normalized spacial score (nSPS) is 11.3. The summed E-state index contributed by atoms with van der Waals surface area (Å²) >= 11 is 1.97. The quantitative estimate of drug-likeness (QED) is 0.105. The summed E-state index contributed by atoms with van der Waals surface area (Å²) < 4.78 is 40.8. The molecule has 2 aromatic heterocycles. The first kappa shape index (κ1) is 19.2. The first-order chi connectivity index (χ1) is 14.5. The van der Waals surface area contributed by atoms with Crippen LogP contribution in [0.2, 0.25) is 0 Å². The van der Waals surface area contributed by atoms with E-state index in [0.29, 0.717) is 20.3 Å². The monoisotopic (exact) mass is 533 g/mol. The average Bonchev–Trinajstić information content (AvgIpc) is 3.30. The molecule has 0 N–H and O–H groups in total. The number of halogens is 3. The van der Waals surface area contributed by atoms with Gasteiger partial charge in [0.25, 0.3) is 0 Å². The Balaban J connectivity index is 1.56. The highest BCUT2D eigenvalue weighted by Crippen LogP contribution is 2.48. The fourth-order valence-electron chi connectivity index (χ4n) is 3.38. The van der Waals surface area contributed by atoms with E-state index in [0.717, 1.165) is 14.3 Å². The Kier molecular flexibility index (Phi) is 4.79. The molecule has 0 bridgehead atoms. The first-order valence-corrected chi connectivity index (χ1v) is 11.2. The second-order valence-corrected chi connectivity index (χ2v) is 9.58. The van der Waals surface area contributed by atoms with Gasteiger partial charge < -0.3 is 9.15 Å². The molecule has 7 heteroatoms. The molecule has 0 aliphatic rings. The van der Waals surface area contributed by atoms with E-state index in [1.165, 1.54) is 24.3 Å². The van der Waals surface area contributed by atoms with Crippen molar-refractivity contribution in [3.8, 4) is 10.6 Å². The number of hydrogen-bond donors (Lipinski definition) is 0. The van der Waals surface area contributed by atoms with Crippen LogP contribution in [-0.2, 0) is 0 Å². The van der Waals surface area contributed by atoms with Crippen LogP contribution < -0.4 is 4.74 Å². The molecule has 0 unspecified atom stereocenters. The molecule has 0 aliphatic heterocycles. The van der Waals surface area contributed by atoms with Gasteiger partial charge in [0.05, 0.1) is 10.8 Å². The highest BCUT2D eigenvalue weighted by molar-refractivity contribution is 14.1. The lowest BCUT2D eigenvalue weighted by atomic mass is 10.1. The third-order valence-electron chi connectivity index (χ3n) is 4.66. The molecular weight excluding hydrogens is 521 g/mol. The zero-order valence-corrected chi connectivity index (χ0v) is 18.2. The summed E-state index contributed by atoms with van der Waals surface area (Å²) in [5.74, 6) is -0.770. The van der Waals surface area contributed by atoms with Gasteiger partial charge in [0, 0.05) is 34.7 Å². The Morgan fingerprint density at radius 1 is 0.833 bits per heavy atom. The van der Waals surface area contributed by atoms with Crippen LogP contribution in [0, 0.1) is 15.4 Å². The summed E-state index contributed by atoms with van der Waals surface area (Å²) in [7, 11) is -0.504. The van der Waals surface area contributed by atoms with Crippen LogP contribution in [0.15, 0.2) is 77.2 Å². The van der Waals surface area contributed by atoms with E-state index in [2.05, 4.69) is 0 Å². The summed E-state index contributed by atoms with van der Waals surface area (Å²) in [4.78, 5) is 13.1. The van der Waals surface area contributed by atoms with Crippen LogP contribution in [-0.4, -0.2) is 5.97 Å². The third-order valence-corrected chi connectivity index (χ3v) is 7.57. The van der Waals surface area contributed by atoms with Gasteiger partial charge in [-0.05, 0) is 71.1 Å². The van der Waals surface area contributed by atoms with Crippen molar-refractivity contribution in [3.63, 3.8) is 0 Å². The number of benzene rings is 3. The summed E-state index contributed by atoms with van der Waals surface area (Å²) in [5.41, 5.74) is 0. The molecule has 0 amide bonds. The molecule has 148 valence electrons. The number of carbonyl (C=O) groups excluding carboxylic acids is 1. The Hall–Kier alpha value is -2.78. The van der Waals surface area contributed by atoms with Gasteiger partial charge in [-0.3, -0.25) is 0 Å². The average molecular weight is 533 g/mol. The Bertz CT molecular complexity index is 1360. The van der Waals surface area contributed by atoms with E-state index in [4.69, 9.17) is 9.15 Å². The van der Waals surface area contributed by atoms with E-state index in [1.807, 2.05) is 34.7 Å². The van der Waals surface area contributed by atoms with Crippen LogP contribution in [0.1, 0.15) is 10.6 Å². The number of carbonyl (C=O) groups is 1. The lowest BCUT2D eigenvalue weighted by molar-refractivity contribution is 0.0700. The molecule has 0 fully saturated rings. The van der Waals surface area contributed by atoms with Gasteiger partial charge in [0.15, 0.2) is 18.1 Å². The Labute approximate surface area is 186 Å². The summed E-state index contributed by atoms with van der Waals surface area (Å²) in [6, 6.07) is 19.6. The largest absolute Gasteiger partial charge is 0.443 e. The number of hydrogen-bond acceptors (Lipinski definition) is 3. The van der Waals surface area contributed by atoms with E-state index >= 15 is 0 Å². The maximum Gasteiger partial charge on any atom is 0.379 e. The Morgan fingerprint density at radius 3 is 1.97 bits per heavy atom. The van der Waals surface area contributed by atoms with Crippen molar-refractivity contribution in [1.82, 2.24) is 0 Å². The van der Waals surface area contributed by atoms with Gasteiger partial charge in [0.2, 0.25) is 5.76 Å². The van der Waals surface area contributed by atoms with E-state index in [9.17, 15) is 13.6 Å². The van der Waals surface area contributed by atoms with Crippen LogP contribution in [0.5, 0.6) is 5.75 Å². The van der Waals surface area contributed by atoms with Gasteiger partial charge >= 0.3 is 5.97 Å². The number of rotatable bonds is 3. The van der Waals surface area contributed by atoms with E-state index in [-0.39, 0.29) is 17.4 Å². The van der Waals surface area contributed by atoms with Crippen molar-refractivity contribution in [2.24, 2.45) is 0 Å². The van der Waals surface area contributed by atoms with Crippen molar-refractivity contribution in [1.29, 1.82) is 0 Å². The molecular formula is C23H12F2IO3S+. The van der Waals surface area contributed by atoms with Crippen LogP contribution in [0.4, 0.5) is 8.78 Å². The predicted octanol–water partition coefficient (Wildman–Crippen LogP) is 7.43. The zero-order valence-electron chi connectivity index (χ0n) is 15.2. The SMILES string of the molecule is O=C(Oc1ccc(-[s+]2c3ccc(F)cc3c3cc(F)ccc32)cc1)c1ccc(I)o1. The number of fused-ring (bicyclic) bond motifs is 3. The van der Waals surface area contributed by atoms with Crippen LogP contribution in [0.25, 0.3) is 25.1 Å². The molecule has 2 heterocycles.